The molecule has 68 valence electrons. The first kappa shape index (κ1) is 10.7. The van der Waals surface area contributed by atoms with Gasteiger partial charge < -0.3 is 22.9 Å². The van der Waals surface area contributed by atoms with Crippen molar-refractivity contribution < 1.29 is 14.8 Å². The molecule has 0 heterocycles. The molecule has 0 aromatic heterocycles. The maximum absolute atomic E-state index is 5.10. The van der Waals surface area contributed by atoms with Gasteiger partial charge >= 0.3 is 0 Å². The number of hydrogen-bond acceptors (Lipinski definition) is 7. The van der Waals surface area contributed by atoms with Gasteiger partial charge in [0.15, 0.2) is 0 Å². The molecule has 0 radical (unpaired) electrons. The summed E-state index contributed by atoms with van der Waals surface area (Å²) < 4.78 is 0. The smallest absolute Gasteiger partial charge is 0.113 e. The highest BCUT2D eigenvalue weighted by atomic mass is 17.5. The summed E-state index contributed by atoms with van der Waals surface area (Å²) in [6, 6.07) is 0. The van der Waals surface area contributed by atoms with Crippen molar-refractivity contribution in [2.45, 2.75) is 12.3 Å². The Morgan fingerprint density at radius 3 is 1.45 bits per heavy atom. The van der Waals surface area contributed by atoms with Crippen LogP contribution in [0.4, 0.5) is 0 Å². The molecule has 7 nitrogen and oxygen atoms in total. The molecule has 0 fully saturated rings. The molecule has 0 saturated heterocycles. The van der Waals surface area contributed by atoms with Crippen LogP contribution in [0.1, 0.15) is 0 Å². The van der Waals surface area contributed by atoms with Crippen LogP contribution in [0.25, 0.3) is 0 Å². The van der Waals surface area contributed by atoms with Crippen molar-refractivity contribution in [1.29, 1.82) is 0 Å². The highest BCUT2D eigenvalue weighted by Gasteiger charge is 1.97. The zero-order valence-electron chi connectivity index (χ0n) is 6.10. The molecule has 0 saturated carbocycles. The Bertz CT molecular complexity index is 79.4. The lowest BCUT2D eigenvalue weighted by molar-refractivity contribution is -0.513. The predicted octanol–water partition coefficient (Wildman–Crippen LogP) is -2.65. The molecule has 0 rings (SSSR count). The molecular weight excluding hydrogens is 152 g/mol. The van der Waals surface area contributed by atoms with Crippen molar-refractivity contribution in [1.82, 2.24) is 0 Å². The van der Waals surface area contributed by atoms with Gasteiger partial charge in [0, 0.05) is 0 Å². The van der Waals surface area contributed by atoms with E-state index < -0.39 is 12.3 Å². The van der Waals surface area contributed by atoms with Gasteiger partial charge in [-0.05, 0) is 0 Å². The van der Waals surface area contributed by atoms with E-state index in [4.69, 9.17) is 22.9 Å². The molecular formula is C4H14N4O3. The van der Waals surface area contributed by atoms with Crippen LogP contribution in [0, 0.1) is 0 Å². The summed E-state index contributed by atoms with van der Waals surface area (Å²) in [6.45, 7) is 0.0830. The first-order valence-electron chi connectivity index (χ1n) is 3.06. The lowest BCUT2D eigenvalue weighted by Crippen LogP contribution is -2.37. The van der Waals surface area contributed by atoms with E-state index in [-0.39, 0.29) is 13.2 Å². The van der Waals surface area contributed by atoms with Crippen molar-refractivity contribution in [3.63, 3.8) is 0 Å². The Labute approximate surface area is 64.4 Å². The average Bonchev–Trinajstić information content (AvgIpc) is 1.85. The van der Waals surface area contributed by atoms with E-state index in [2.05, 4.69) is 14.8 Å². The minimum atomic E-state index is -0.592. The minimum Gasteiger partial charge on any atom is -0.314 e. The molecule has 0 bridgehead atoms. The molecule has 8 N–H and O–H groups in total. The molecule has 11 heavy (non-hydrogen) atoms. The first-order valence-corrected chi connectivity index (χ1v) is 3.06. The van der Waals surface area contributed by atoms with Crippen LogP contribution in [-0.2, 0) is 14.8 Å². The zero-order chi connectivity index (χ0) is 8.69. The molecule has 0 aromatic carbocycles. The fourth-order valence-corrected chi connectivity index (χ4v) is 0.247. The normalized spacial score (nSPS) is 11.5. The Hall–Kier alpha value is -0.280. The van der Waals surface area contributed by atoms with Gasteiger partial charge in [0.1, 0.15) is 13.2 Å². The fourth-order valence-electron chi connectivity index (χ4n) is 0.247. The molecule has 0 unspecified atom stereocenters. The lowest BCUT2D eigenvalue weighted by Gasteiger charge is -2.06. The van der Waals surface area contributed by atoms with Crippen LogP contribution >= 0.6 is 0 Å². The van der Waals surface area contributed by atoms with Crippen LogP contribution < -0.4 is 22.9 Å². The molecule has 0 aliphatic rings. The Morgan fingerprint density at radius 2 is 1.18 bits per heavy atom. The monoisotopic (exact) mass is 166 g/mol. The quantitative estimate of drug-likeness (QED) is 0.147. The van der Waals surface area contributed by atoms with E-state index in [1.807, 2.05) is 0 Å². The van der Waals surface area contributed by atoms with Crippen LogP contribution in [-0.4, -0.2) is 25.5 Å². The van der Waals surface area contributed by atoms with Gasteiger partial charge in [0.05, 0.1) is 12.3 Å². The van der Waals surface area contributed by atoms with Crippen molar-refractivity contribution in [2.75, 3.05) is 13.2 Å². The van der Waals surface area contributed by atoms with Crippen molar-refractivity contribution in [3.8, 4) is 0 Å². The largest absolute Gasteiger partial charge is 0.314 e. The summed E-state index contributed by atoms with van der Waals surface area (Å²) in [5.74, 6) is 0. The van der Waals surface area contributed by atoms with Crippen LogP contribution in [0.2, 0.25) is 0 Å². The molecule has 0 aliphatic carbocycles. The van der Waals surface area contributed by atoms with Crippen molar-refractivity contribution >= 4 is 0 Å². The third-order valence-corrected chi connectivity index (χ3v) is 0.617. The molecule has 0 aliphatic heterocycles. The van der Waals surface area contributed by atoms with E-state index in [1.165, 1.54) is 0 Å². The van der Waals surface area contributed by atoms with Gasteiger partial charge in [0.2, 0.25) is 0 Å². The van der Waals surface area contributed by atoms with Crippen LogP contribution in [0.5, 0.6) is 0 Å². The third-order valence-electron chi connectivity index (χ3n) is 0.617. The first-order chi connectivity index (χ1) is 5.13. The Kier molecular flexibility index (Phi) is 6.27. The maximum atomic E-state index is 5.10. The molecule has 0 spiro atoms. The van der Waals surface area contributed by atoms with Gasteiger partial charge in [-0.25, -0.2) is 9.78 Å². The van der Waals surface area contributed by atoms with E-state index in [0.717, 1.165) is 0 Å². The molecule has 0 aromatic rings. The topological polar surface area (TPSA) is 132 Å². The van der Waals surface area contributed by atoms with Crippen LogP contribution in [0.15, 0.2) is 0 Å². The van der Waals surface area contributed by atoms with E-state index >= 15 is 0 Å². The predicted molar refractivity (Wildman–Crippen MR) is 37.3 cm³/mol. The number of nitrogens with two attached hydrogens (primary N) is 4. The summed E-state index contributed by atoms with van der Waals surface area (Å²) in [5, 5.41) is 4.14. The summed E-state index contributed by atoms with van der Waals surface area (Å²) in [4.78, 5) is 8.72. The van der Waals surface area contributed by atoms with Gasteiger partial charge in [-0.2, -0.15) is 0 Å². The van der Waals surface area contributed by atoms with Gasteiger partial charge in [-0.3, -0.25) is 0 Å². The van der Waals surface area contributed by atoms with E-state index in [9.17, 15) is 0 Å². The Morgan fingerprint density at radius 1 is 0.818 bits per heavy atom. The average molecular weight is 166 g/mol. The Balaban J connectivity index is 2.91. The zero-order valence-corrected chi connectivity index (χ0v) is 6.10. The number of hydrogen-bond donors (Lipinski definition) is 4. The molecule has 7 heteroatoms. The lowest BCUT2D eigenvalue weighted by atomic mass is 10.6. The van der Waals surface area contributed by atoms with Crippen LogP contribution in [0.3, 0.4) is 0 Å². The fraction of sp³-hybridized carbons (Fsp3) is 1.00. The second-order valence-corrected chi connectivity index (χ2v) is 1.96. The van der Waals surface area contributed by atoms with E-state index in [0.29, 0.717) is 0 Å². The maximum Gasteiger partial charge on any atom is 0.113 e. The highest BCUT2D eigenvalue weighted by Crippen LogP contribution is 1.81. The second kappa shape index (κ2) is 6.43. The summed E-state index contributed by atoms with van der Waals surface area (Å²) in [5.41, 5.74) is 20.4. The standard InChI is InChI=1S/C4H14N4O3/c5-3(6)1-9-11-10-2-4(7)8/h3-4H,1-2,5-8H2. The summed E-state index contributed by atoms with van der Waals surface area (Å²) in [6.07, 6.45) is -1.18. The summed E-state index contributed by atoms with van der Waals surface area (Å²) in [7, 11) is 0. The minimum absolute atomic E-state index is 0.0415. The summed E-state index contributed by atoms with van der Waals surface area (Å²) >= 11 is 0. The van der Waals surface area contributed by atoms with Crippen molar-refractivity contribution in [2.24, 2.45) is 22.9 Å². The van der Waals surface area contributed by atoms with Crippen molar-refractivity contribution in [3.05, 3.63) is 0 Å². The highest BCUT2D eigenvalue weighted by molar-refractivity contribution is 4.43. The van der Waals surface area contributed by atoms with Gasteiger partial charge in [0.25, 0.3) is 0 Å². The molecule has 0 atom stereocenters. The van der Waals surface area contributed by atoms with Gasteiger partial charge in [-0.1, -0.05) is 5.04 Å². The SMILES string of the molecule is NC(N)COOOCC(N)N. The van der Waals surface area contributed by atoms with Gasteiger partial charge in [-0.15, -0.1) is 0 Å². The second-order valence-electron chi connectivity index (χ2n) is 1.96. The van der Waals surface area contributed by atoms with E-state index in [1.54, 1.807) is 0 Å². The third kappa shape index (κ3) is 9.72. The molecule has 0 amide bonds. The number of rotatable bonds is 6.